The Balaban J connectivity index is 1.53. The summed E-state index contributed by atoms with van der Waals surface area (Å²) in [5.41, 5.74) is 8.33. The smallest absolute Gasteiger partial charge is 0.255 e. The summed E-state index contributed by atoms with van der Waals surface area (Å²) in [5, 5.41) is 0. The lowest BCUT2D eigenvalue weighted by Crippen LogP contribution is -2.38. The Morgan fingerprint density at radius 1 is 1.07 bits per heavy atom. The number of piperidine rings is 1. The van der Waals surface area contributed by atoms with Crippen molar-refractivity contribution in [1.29, 1.82) is 0 Å². The molecule has 2 amide bonds. The SMILES string of the molecule is COc1cc(C(=O)N2CCC(CCc3ccc(C)cc3)CC2)ccc1OCC(N)=O. The van der Waals surface area contributed by atoms with E-state index in [0.29, 0.717) is 23.0 Å². The van der Waals surface area contributed by atoms with Gasteiger partial charge in [-0.1, -0.05) is 29.8 Å². The highest BCUT2D eigenvalue weighted by molar-refractivity contribution is 5.95. The molecule has 160 valence electrons. The largest absolute Gasteiger partial charge is 0.493 e. The number of methoxy groups -OCH3 is 1. The van der Waals surface area contributed by atoms with Crippen molar-refractivity contribution >= 4 is 11.8 Å². The molecule has 1 aliphatic heterocycles. The van der Waals surface area contributed by atoms with Gasteiger partial charge in [0, 0.05) is 18.7 Å². The molecule has 30 heavy (non-hydrogen) atoms. The van der Waals surface area contributed by atoms with Crippen LogP contribution in [0.1, 0.15) is 40.7 Å². The molecule has 2 aromatic carbocycles. The minimum atomic E-state index is -0.567. The van der Waals surface area contributed by atoms with Crippen molar-refractivity contribution in [3.8, 4) is 11.5 Å². The number of rotatable bonds is 8. The third-order valence-electron chi connectivity index (χ3n) is 5.64. The summed E-state index contributed by atoms with van der Waals surface area (Å²) in [4.78, 5) is 25.7. The number of ether oxygens (including phenoxy) is 2. The standard InChI is InChI=1S/C24H30N2O4/c1-17-3-5-18(6-4-17)7-8-19-11-13-26(14-12-19)24(28)20-9-10-21(22(15-20)29-2)30-16-23(25)27/h3-6,9-10,15,19H,7-8,11-14,16H2,1-2H3,(H2,25,27). The number of aryl methyl sites for hydroxylation is 2. The zero-order chi connectivity index (χ0) is 21.5. The molecule has 6 heteroatoms. The number of primary amides is 1. The van der Waals surface area contributed by atoms with Crippen molar-refractivity contribution in [3.05, 3.63) is 59.2 Å². The number of hydrogen-bond donors (Lipinski definition) is 1. The molecule has 0 spiro atoms. The third-order valence-corrected chi connectivity index (χ3v) is 5.64. The Kier molecular flexibility index (Phi) is 7.33. The molecule has 0 atom stereocenters. The predicted octanol–water partition coefficient (Wildman–Crippen LogP) is 3.35. The number of carbonyl (C=O) groups is 2. The van der Waals surface area contributed by atoms with E-state index < -0.39 is 5.91 Å². The Hall–Kier alpha value is -3.02. The maximum Gasteiger partial charge on any atom is 0.255 e. The van der Waals surface area contributed by atoms with Gasteiger partial charge in [0.25, 0.3) is 11.8 Å². The van der Waals surface area contributed by atoms with Gasteiger partial charge in [-0.2, -0.15) is 0 Å². The van der Waals surface area contributed by atoms with Crippen molar-refractivity contribution in [2.75, 3.05) is 26.8 Å². The molecule has 0 bridgehead atoms. The number of likely N-dealkylation sites (tertiary alicyclic amines) is 1. The molecule has 3 rings (SSSR count). The van der Waals surface area contributed by atoms with Crippen molar-refractivity contribution < 1.29 is 19.1 Å². The molecular formula is C24H30N2O4. The first kappa shape index (κ1) is 21.7. The second-order valence-electron chi connectivity index (χ2n) is 7.88. The zero-order valence-corrected chi connectivity index (χ0v) is 17.7. The molecule has 1 aliphatic rings. The summed E-state index contributed by atoms with van der Waals surface area (Å²) in [6.45, 7) is 3.40. The van der Waals surface area contributed by atoms with Gasteiger partial charge in [0.05, 0.1) is 7.11 Å². The Morgan fingerprint density at radius 2 is 1.77 bits per heavy atom. The predicted molar refractivity (Wildman–Crippen MR) is 116 cm³/mol. The van der Waals surface area contributed by atoms with Gasteiger partial charge in [0.2, 0.25) is 0 Å². The average molecular weight is 411 g/mol. The Labute approximate surface area is 178 Å². The number of amides is 2. The third kappa shape index (κ3) is 5.75. The molecule has 6 nitrogen and oxygen atoms in total. The van der Waals surface area contributed by atoms with E-state index in [-0.39, 0.29) is 12.5 Å². The highest BCUT2D eigenvalue weighted by Crippen LogP contribution is 2.30. The Bertz CT molecular complexity index is 871. The monoisotopic (exact) mass is 410 g/mol. The molecule has 2 aromatic rings. The number of nitrogens with zero attached hydrogens (tertiary/aromatic N) is 1. The van der Waals surface area contributed by atoms with E-state index in [1.165, 1.54) is 18.2 Å². The fourth-order valence-electron chi connectivity index (χ4n) is 3.80. The lowest BCUT2D eigenvalue weighted by molar-refractivity contribution is -0.119. The van der Waals surface area contributed by atoms with Crippen LogP contribution in [0.25, 0.3) is 0 Å². The number of carbonyl (C=O) groups excluding carboxylic acids is 2. The van der Waals surface area contributed by atoms with E-state index >= 15 is 0 Å². The van der Waals surface area contributed by atoms with Gasteiger partial charge in [0.1, 0.15) is 0 Å². The number of hydrogen-bond acceptors (Lipinski definition) is 4. The summed E-state index contributed by atoms with van der Waals surface area (Å²) in [6.07, 6.45) is 4.29. The summed E-state index contributed by atoms with van der Waals surface area (Å²) < 4.78 is 10.6. The van der Waals surface area contributed by atoms with Crippen LogP contribution in [0.4, 0.5) is 0 Å². The van der Waals surface area contributed by atoms with Crippen LogP contribution >= 0.6 is 0 Å². The van der Waals surface area contributed by atoms with E-state index in [4.69, 9.17) is 15.2 Å². The molecule has 1 heterocycles. The molecule has 0 radical (unpaired) electrons. The first-order chi connectivity index (χ1) is 14.5. The van der Waals surface area contributed by atoms with Crippen LogP contribution in [0.15, 0.2) is 42.5 Å². The molecule has 2 N–H and O–H groups in total. The highest BCUT2D eigenvalue weighted by Gasteiger charge is 2.24. The van der Waals surface area contributed by atoms with Crippen molar-refractivity contribution in [2.45, 2.75) is 32.6 Å². The van der Waals surface area contributed by atoms with Crippen molar-refractivity contribution in [2.24, 2.45) is 11.7 Å². The van der Waals surface area contributed by atoms with E-state index in [2.05, 4.69) is 31.2 Å². The molecule has 1 saturated heterocycles. The minimum Gasteiger partial charge on any atom is -0.493 e. The van der Waals surface area contributed by atoms with Gasteiger partial charge < -0.3 is 20.1 Å². The Morgan fingerprint density at radius 3 is 2.40 bits per heavy atom. The number of benzene rings is 2. The van der Waals surface area contributed by atoms with Gasteiger partial charge in [-0.3, -0.25) is 9.59 Å². The quantitative estimate of drug-likeness (QED) is 0.724. The molecular weight excluding hydrogens is 380 g/mol. The van der Waals surface area contributed by atoms with Gasteiger partial charge >= 0.3 is 0 Å². The first-order valence-corrected chi connectivity index (χ1v) is 10.4. The van der Waals surface area contributed by atoms with Gasteiger partial charge in [-0.05, 0) is 62.3 Å². The summed E-state index contributed by atoms with van der Waals surface area (Å²) in [5.74, 6) is 0.876. The molecule has 0 unspecified atom stereocenters. The lowest BCUT2D eigenvalue weighted by Gasteiger charge is -2.32. The van der Waals surface area contributed by atoms with E-state index in [0.717, 1.165) is 38.8 Å². The molecule has 0 aliphatic carbocycles. The average Bonchev–Trinajstić information content (AvgIpc) is 2.77. The van der Waals surface area contributed by atoms with Crippen LogP contribution in [0, 0.1) is 12.8 Å². The summed E-state index contributed by atoms with van der Waals surface area (Å²) in [7, 11) is 1.50. The molecule has 1 fully saturated rings. The fourth-order valence-corrected chi connectivity index (χ4v) is 3.80. The van der Waals surface area contributed by atoms with E-state index in [1.54, 1.807) is 18.2 Å². The van der Waals surface area contributed by atoms with Crippen LogP contribution in [-0.4, -0.2) is 43.5 Å². The van der Waals surface area contributed by atoms with Crippen molar-refractivity contribution in [3.63, 3.8) is 0 Å². The van der Waals surface area contributed by atoms with E-state index in [1.807, 2.05) is 4.90 Å². The number of nitrogens with two attached hydrogens (primary N) is 1. The summed E-state index contributed by atoms with van der Waals surface area (Å²) >= 11 is 0. The van der Waals surface area contributed by atoms with E-state index in [9.17, 15) is 9.59 Å². The summed E-state index contributed by atoms with van der Waals surface area (Å²) in [6, 6.07) is 13.7. The fraction of sp³-hybridized carbons (Fsp3) is 0.417. The highest BCUT2D eigenvalue weighted by atomic mass is 16.5. The zero-order valence-electron chi connectivity index (χ0n) is 17.7. The van der Waals surface area contributed by atoms with Crippen LogP contribution in [-0.2, 0) is 11.2 Å². The van der Waals surface area contributed by atoms with Gasteiger partial charge in [-0.15, -0.1) is 0 Å². The van der Waals surface area contributed by atoms with Crippen molar-refractivity contribution in [1.82, 2.24) is 4.90 Å². The topological polar surface area (TPSA) is 81.9 Å². The lowest BCUT2D eigenvalue weighted by atomic mass is 9.90. The molecule has 0 saturated carbocycles. The van der Waals surface area contributed by atoms with Crippen LogP contribution < -0.4 is 15.2 Å². The maximum absolute atomic E-state index is 12.9. The van der Waals surface area contributed by atoms with Crippen LogP contribution in [0.5, 0.6) is 11.5 Å². The second kappa shape index (κ2) is 10.1. The van der Waals surface area contributed by atoms with Gasteiger partial charge in [0.15, 0.2) is 18.1 Å². The second-order valence-corrected chi connectivity index (χ2v) is 7.88. The molecule has 0 aromatic heterocycles. The first-order valence-electron chi connectivity index (χ1n) is 10.4. The van der Waals surface area contributed by atoms with Crippen LogP contribution in [0.2, 0.25) is 0 Å². The van der Waals surface area contributed by atoms with Gasteiger partial charge in [-0.25, -0.2) is 0 Å². The minimum absolute atomic E-state index is 0.00765. The van der Waals surface area contributed by atoms with Crippen LogP contribution in [0.3, 0.4) is 0 Å². The normalized spacial score (nSPS) is 14.4. The maximum atomic E-state index is 12.9.